The van der Waals surface area contributed by atoms with Crippen LogP contribution in [0.4, 0.5) is 5.82 Å². The Balaban J connectivity index is 2.49. The van der Waals surface area contributed by atoms with Crippen LogP contribution in [0.15, 0.2) is 18.3 Å². The maximum atomic E-state index is 11.5. The molecule has 1 rings (SSSR count). The third kappa shape index (κ3) is 6.31. The van der Waals surface area contributed by atoms with E-state index >= 15 is 0 Å². The topological polar surface area (TPSA) is 71.5 Å². The van der Waals surface area contributed by atoms with E-state index in [1.807, 2.05) is 32.9 Å². The molecule has 1 N–H and O–H groups in total. The van der Waals surface area contributed by atoms with Crippen molar-refractivity contribution >= 4 is 15.8 Å². The van der Waals surface area contributed by atoms with E-state index in [4.69, 9.17) is 4.74 Å². The number of nitrogens with one attached hydrogen (secondary N) is 1. The van der Waals surface area contributed by atoms with Gasteiger partial charge in [-0.15, -0.1) is 0 Å². The van der Waals surface area contributed by atoms with Gasteiger partial charge in [0.2, 0.25) is 10.0 Å². The molecule has 0 aliphatic carbocycles. The molecule has 1 aromatic rings. The van der Waals surface area contributed by atoms with Gasteiger partial charge in [-0.3, -0.25) is 0 Å². The van der Waals surface area contributed by atoms with Crippen molar-refractivity contribution in [3.8, 4) is 5.75 Å². The lowest BCUT2D eigenvalue weighted by Gasteiger charge is -2.18. The fraction of sp³-hybridized carbons (Fsp3) is 0.643. The molecule has 0 unspecified atom stereocenters. The number of pyridine rings is 1. The second kappa shape index (κ2) is 8.19. The van der Waals surface area contributed by atoms with E-state index in [1.54, 1.807) is 6.20 Å². The summed E-state index contributed by atoms with van der Waals surface area (Å²) < 4.78 is 30.1. The summed E-state index contributed by atoms with van der Waals surface area (Å²) in [5.41, 5.74) is 0. The molecule has 0 fully saturated rings. The largest absolute Gasteiger partial charge is 0.487 e. The molecule has 7 heteroatoms. The van der Waals surface area contributed by atoms with E-state index in [0.717, 1.165) is 0 Å². The number of rotatable bonds is 9. The number of sulfonamides is 1. The molecule has 0 spiro atoms. The number of aromatic nitrogens is 1. The van der Waals surface area contributed by atoms with Gasteiger partial charge in [-0.05, 0) is 32.4 Å². The zero-order valence-electron chi connectivity index (χ0n) is 13.2. The average Bonchev–Trinajstić information content (AvgIpc) is 2.38. The first kappa shape index (κ1) is 17.7. The SMILES string of the molecule is CCN(CCCNc1ncccc1OC(C)C)S(C)(=O)=O. The Morgan fingerprint density at radius 2 is 2.14 bits per heavy atom. The zero-order chi connectivity index (χ0) is 15.9. The number of anilines is 1. The molecule has 0 radical (unpaired) electrons. The van der Waals surface area contributed by atoms with E-state index in [1.165, 1.54) is 10.6 Å². The molecule has 0 amide bonds. The summed E-state index contributed by atoms with van der Waals surface area (Å²) in [6, 6.07) is 3.69. The van der Waals surface area contributed by atoms with E-state index < -0.39 is 10.0 Å². The first-order valence-electron chi connectivity index (χ1n) is 7.15. The van der Waals surface area contributed by atoms with Crippen LogP contribution in [-0.4, -0.2) is 49.7 Å². The lowest BCUT2D eigenvalue weighted by molar-refractivity contribution is 0.243. The summed E-state index contributed by atoms with van der Waals surface area (Å²) in [4.78, 5) is 4.25. The lowest BCUT2D eigenvalue weighted by atomic mass is 10.3. The van der Waals surface area contributed by atoms with E-state index in [-0.39, 0.29) is 6.10 Å². The summed E-state index contributed by atoms with van der Waals surface area (Å²) in [5.74, 6) is 1.40. The molecule has 1 heterocycles. The van der Waals surface area contributed by atoms with Gasteiger partial charge in [0.1, 0.15) is 0 Å². The standard InChI is InChI=1S/C14H25N3O3S/c1-5-17(21(4,18)19)11-7-10-16-14-13(20-12(2)3)8-6-9-15-14/h6,8-9,12H,5,7,10-11H2,1-4H3,(H,15,16). The highest BCUT2D eigenvalue weighted by Gasteiger charge is 2.13. The molecule has 0 aromatic carbocycles. The number of hydrogen-bond donors (Lipinski definition) is 1. The normalized spacial score (nSPS) is 11.9. The maximum Gasteiger partial charge on any atom is 0.211 e. The van der Waals surface area contributed by atoms with E-state index in [9.17, 15) is 8.42 Å². The third-order valence-corrected chi connectivity index (χ3v) is 4.21. The summed E-state index contributed by atoms with van der Waals surface area (Å²) in [6.07, 6.45) is 3.72. The second-order valence-electron chi connectivity index (χ2n) is 5.05. The van der Waals surface area contributed by atoms with Crippen molar-refractivity contribution < 1.29 is 13.2 Å². The number of hydrogen-bond acceptors (Lipinski definition) is 5. The van der Waals surface area contributed by atoms with Gasteiger partial charge < -0.3 is 10.1 Å². The molecular formula is C14H25N3O3S. The van der Waals surface area contributed by atoms with Crippen LogP contribution in [-0.2, 0) is 10.0 Å². The predicted octanol–water partition coefficient (Wildman–Crippen LogP) is 1.95. The molecule has 120 valence electrons. The minimum Gasteiger partial charge on any atom is -0.487 e. The molecule has 21 heavy (non-hydrogen) atoms. The third-order valence-electron chi connectivity index (χ3n) is 2.83. The van der Waals surface area contributed by atoms with Crippen LogP contribution < -0.4 is 10.1 Å². The van der Waals surface area contributed by atoms with Crippen molar-refractivity contribution in [3.05, 3.63) is 18.3 Å². The first-order valence-corrected chi connectivity index (χ1v) is 9.00. The fourth-order valence-corrected chi connectivity index (χ4v) is 2.82. The van der Waals surface area contributed by atoms with Crippen molar-refractivity contribution in [1.29, 1.82) is 0 Å². The van der Waals surface area contributed by atoms with Crippen LogP contribution in [0, 0.1) is 0 Å². The zero-order valence-corrected chi connectivity index (χ0v) is 14.0. The van der Waals surface area contributed by atoms with Gasteiger partial charge in [-0.25, -0.2) is 17.7 Å². The average molecular weight is 315 g/mol. The van der Waals surface area contributed by atoms with Crippen molar-refractivity contribution in [2.75, 3.05) is 31.2 Å². The Bertz CT molecular complexity index is 532. The van der Waals surface area contributed by atoms with Crippen molar-refractivity contribution in [1.82, 2.24) is 9.29 Å². The Hall–Kier alpha value is -1.34. The fourth-order valence-electron chi connectivity index (χ4n) is 1.89. The summed E-state index contributed by atoms with van der Waals surface area (Å²) >= 11 is 0. The molecular weight excluding hydrogens is 290 g/mol. The molecule has 0 saturated heterocycles. The van der Waals surface area contributed by atoms with Crippen molar-refractivity contribution in [3.63, 3.8) is 0 Å². The van der Waals surface area contributed by atoms with Gasteiger partial charge in [0.25, 0.3) is 0 Å². The molecule has 0 saturated carbocycles. The summed E-state index contributed by atoms with van der Waals surface area (Å²) in [6.45, 7) is 7.38. The van der Waals surface area contributed by atoms with E-state index in [0.29, 0.717) is 37.6 Å². The maximum absolute atomic E-state index is 11.5. The number of nitrogens with zero attached hydrogens (tertiary/aromatic N) is 2. The number of ether oxygens (including phenoxy) is 1. The second-order valence-corrected chi connectivity index (χ2v) is 7.03. The van der Waals surface area contributed by atoms with Crippen molar-refractivity contribution in [2.24, 2.45) is 0 Å². The van der Waals surface area contributed by atoms with E-state index in [2.05, 4.69) is 10.3 Å². The van der Waals surface area contributed by atoms with Gasteiger partial charge in [0, 0.05) is 25.8 Å². The molecule has 0 aliphatic heterocycles. The highest BCUT2D eigenvalue weighted by Crippen LogP contribution is 2.21. The molecule has 1 aromatic heterocycles. The summed E-state index contributed by atoms with van der Waals surface area (Å²) in [7, 11) is -3.12. The van der Waals surface area contributed by atoms with Crippen LogP contribution in [0.5, 0.6) is 5.75 Å². The van der Waals surface area contributed by atoms with Gasteiger partial charge in [0.15, 0.2) is 11.6 Å². The van der Waals surface area contributed by atoms with Crippen LogP contribution in [0.2, 0.25) is 0 Å². The Labute approximate surface area is 127 Å². The van der Waals surface area contributed by atoms with Crippen LogP contribution in [0.3, 0.4) is 0 Å². The van der Waals surface area contributed by atoms with Crippen LogP contribution in [0.1, 0.15) is 27.2 Å². The Morgan fingerprint density at radius 3 is 2.71 bits per heavy atom. The Kier molecular flexibility index (Phi) is 6.91. The van der Waals surface area contributed by atoms with Crippen LogP contribution in [0.25, 0.3) is 0 Å². The first-order chi connectivity index (χ1) is 9.84. The molecule has 6 nitrogen and oxygen atoms in total. The molecule has 0 atom stereocenters. The van der Waals surface area contributed by atoms with Crippen molar-refractivity contribution in [2.45, 2.75) is 33.3 Å². The minimum atomic E-state index is -3.12. The minimum absolute atomic E-state index is 0.0792. The monoisotopic (exact) mass is 315 g/mol. The van der Waals surface area contributed by atoms with Gasteiger partial charge in [-0.2, -0.15) is 0 Å². The van der Waals surface area contributed by atoms with Crippen LogP contribution >= 0.6 is 0 Å². The predicted molar refractivity (Wildman–Crippen MR) is 85.2 cm³/mol. The van der Waals surface area contributed by atoms with Gasteiger partial charge >= 0.3 is 0 Å². The molecule has 0 aliphatic rings. The highest BCUT2D eigenvalue weighted by molar-refractivity contribution is 7.88. The highest BCUT2D eigenvalue weighted by atomic mass is 32.2. The smallest absolute Gasteiger partial charge is 0.211 e. The van der Waals surface area contributed by atoms with Gasteiger partial charge in [0.05, 0.1) is 12.4 Å². The Morgan fingerprint density at radius 1 is 1.43 bits per heavy atom. The lowest BCUT2D eigenvalue weighted by Crippen LogP contribution is -2.31. The molecule has 0 bridgehead atoms. The quantitative estimate of drug-likeness (QED) is 0.705. The van der Waals surface area contributed by atoms with Gasteiger partial charge in [-0.1, -0.05) is 6.92 Å². The summed E-state index contributed by atoms with van der Waals surface area (Å²) in [5, 5.41) is 3.19.